The smallest absolute Gasteiger partial charge is 0.128 e. The van der Waals surface area contributed by atoms with E-state index in [1.165, 1.54) is 0 Å². The Bertz CT molecular complexity index is 358. The molecule has 90 valence electrons. The van der Waals surface area contributed by atoms with Gasteiger partial charge in [0.25, 0.3) is 0 Å². The summed E-state index contributed by atoms with van der Waals surface area (Å²) in [6.07, 6.45) is 0. The number of nitrogens with two attached hydrogens (primary N) is 1. The summed E-state index contributed by atoms with van der Waals surface area (Å²) >= 11 is 5.97. The van der Waals surface area contributed by atoms with Crippen molar-refractivity contribution in [3.8, 4) is 0 Å². The van der Waals surface area contributed by atoms with E-state index in [0.717, 1.165) is 18.1 Å². The van der Waals surface area contributed by atoms with Crippen molar-refractivity contribution in [2.24, 2.45) is 11.1 Å². The van der Waals surface area contributed by atoms with Crippen LogP contribution in [0.25, 0.3) is 0 Å². The third kappa shape index (κ3) is 3.65. The largest absolute Gasteiger partial charge is 0.359 e. The van der Waals surface area contributed by atoms with Crippen LogP contribution in [0.3, 0.4) is 0 Å². The molecular formula is C12H20ClN3. The van der Waals surface area contributed by atoms with Crippen molar-refractivity contribution < 1.29 is 0 Å². The molecule has 0 aliphatic rings. The van der Waals surface area contributed by atoms with Gasteiger partial charge >= 0.3 is 0 Å². The lowest BCUT2D eigenvalue weighted by molar-refractivity contribution is 0.417. The summed E-state index contributed by atoms with van der Waals surface area (Å²) in [4.78, 5) is 6.56. The predicted molar refractivity (Wildman–Crippen MR) is 69.9 cm³/mol. The van der Waals surface area contributed by atoms with E-state index < -0.39 is 0 Å². The van der Waals surface area contributed by atoms with Crippen LogP contribution in [-0.4, -0.2) is 18.6 Å². The van der Waals surface area contributed by atoms with Crippen molar-refractivity contribution in [3.63, 3.8) is 0 Å². The summed E-state index contributed by atoms with van der Waals surface area (Å²) in [5.74, 6) is 0.916. The van der Waals surface area contributed by atoms with Gasteiger partial charge in [-0.3, -0.25) is 0 Å². The van der Waals surface area contributed by atoms with Crippen molar-refractivity contribution in [2.45, 2.75) is 27.3 Å². The number of nitrogens with zero attached hydrogens (tertiary/aromatic N) is 2. The lowest BCUT2D eigenvalue weighted by Gasteiger charge is -2.27. The molecule has 0 radical (unpaired) electrons. The minimum Gasteiger partial charge on any atom is -0.359 e. The predicted octanol–water partition coefficient (Wildman–Crippen LogP) is 2.68. The van der Waals surface area contributed by atoms with Crippen molar-refractivity contribution in [1.82, 2.24) is 4.98 Å². The molecule has 0 saturated carbocycles. The number of hydrogen-bond acceptors (Lipinski definition) is 3. The molecule has 0 fully saturated rings. The molecule has 0 aromatic carbocycles. The highest BCUT2D eigenvalue weighted by molar-refractivity contribution is 6.31. The Hall–Kier alpha value is -0.800. The highest BCUT2D eigenvalue weighted by atomic mass is 35.5. The average molecular weight is 242 g/mol. The van der Waals surface area contributed by atoms with Gasteiger partial charge in [0.1, 0.15) is 5.82 Å². The molecule has 1 rings (SSSR count). The third-order valence-electron chi connectivity index (χ3n) is 2.20. The maximum Gasteiger partial charge on any atom is 0.128 e. The van der Waals surface area contributed by atoms with Crippen LogP contribution in [0.4, 0.5) is 5.82 Å². The van der Waals surface area contributed by atoms with Crippen LogP contribution in [0.1, 0.15) is 26.5 Å². The van der Waals surface area contributed by atoms with Crippen LogP contribution >= 0.6 is 11.6 Å². The zero-order valence-corrected chi connectivity index (χ0v) is 11.2. The Morgan fingerprint density at radius 3 is 2.50 bits per heavy atom. The molecule has 16 heavy (non-hydrogen) atoms. The number of rotatable bonds is 3. The second-order valence-corrected chi connectivity index (χ2v) is 5.63. The van der Waals surface area contributed by atoms with E-state index in [4.69, 9.17) is 17.3 Å². The van der Waals surface area contributed by atoms with Crippen LogP contribution in [0.5, 0.6) is 0 Å². The molecular weight excluding hydrogens is 222 g/mol. The second-order valence-electron chi connectivity index (χ2n) is 5.22. The summed E-state index contributed by atoms with van der Waals surface area (Å²) in [7, 11) is 2.03. The standard InChI is InChI=1S/C12H20ClN3/c1-12(2,3)8-16(4)11-6-5-9(13)10(7-14)15-11/h5-6H,7-8,14H2,1-4H3. The van der Waals surface area contributed by atoms with Crippen LogP contribution in [0.2, 0.25) is 5.02 Å². The van der Waals surface area contributed by atoms with Gasteiger partial charge < -0.3 is 10.6 Å². The number of halogens is 1. The number of pyridine rings is 1. The van der Waals surface area contributed by atoms with Crippen LogP contribution in [0.15, 0.2) is 12.1 Å². The molecule has 0 atom stereocenters. The van der Waals surface area contributed by atoms with Crippen LogP contribution in [0, 0.1) is 5.41 Å². The molecule has 1 aromatic heterocycles. The van der Waals surface area contributed by atoms with Gasteiger partial charge in [-0.25, -0.2) is 4.98 Å². The first-order chi connectivity index (χ1) is 7.33. The summed E-state index contributed by atoms with van der Waals surface area (Å²) in [5.41, 5.74) is 6.57. The molecule has 3 nitrogen and oxygen atoms in total. The summed E-state index contributed by atoms with van der Waals surface area (Å²) < 4.78 is 0. The minimum atomic E-state index is 0.235. The van der Waals surface area contributed by atoms with Gasteiger partial charge in [-0.15, -0.1) is 0 Å². The molecule has 1 heterocycles. The third-order valence-corrected chi connectivity index (χ3v) is 2.54. The average Bonchev–Trinajstić information content (AvgIpc) is 2.15. The Morgan fingerprint density at radius 1 is 1.38 bits per heavy atom. The minimum absolute atomic E-state index is 0.235. The maximum absolute atomic E-state index is 5.97. The van der Waals surface area contributed by atoms with E-state index in [9.17, 15) is 0 Å². The Morgan fingerprint density at radius 2 is 2.00 bits per heavy atom. The van der Waals surface area contributed by atoms with E-state index in [1.807, 2.05) is 19.2 Å². The molecule has 0 spiro atoms. The molecule has 0 saturated heterocycles. The normalized spacial score (nSPS) is 11.6. The molecule has 4 heteroatoms. The van der Waals surface area contributed by atoms with E-state index in [2.05, 4.69) is 30.7 Å². The molecule has 1 aromatic rings. The van der Waals surface area contributed by atoms with E-state index in [0.29, 0.717) is 11.6 Å². The SMILES string of the molecule is CN(CC(C)(C)C)c1ccc(Cl)c(CN)n1. The van der Waals surface area contributed by atoms with Crippen molar-refractivity contribution in [3.05, 3.63) is 22.8 Å². The van der Waals surface area contributed by atoms with E-state index in [-0.39, 0.29) is 5.41 Å². The molecule has 0 bridgehead atoms. The van der Waals surface area contributed by atoms with Crippen molar-refractivity contribution in [2.75, 3.05) is 18.5 Å². The van der Waals surface area contributed by atoms with Gasteiger partial charge in [0, 0.05) is 20.1 Å². The fourth-order valence-corrected chi connectivity index (χ4v) is 1.80. The number of aromatic nitrogens is 1. The first kappa shape index (κ1) is 13.3. The van der Waals surface area contributed by atoms with Gasteiger partial charge in [-0.05, 0) is 17.5 Å². The second kappa shape index (κ2) is 5.02. The van der Waals surface area contributed by atoms with Crippen molar-refractivity contribution >= 4 is 17.4 Å². The number of hydrogen-bond donors (Lipinski definition) is 1. The summed E-state index contributed by atoms with van der Waals surface area (Å²) in [6, 6.07) is 3.78. The Balaban J connectivity index is 2.88. The number of anilines is 1. The molecule has 0 aliphatic carbocycles. The van der Waals surface area contributed by atoms with Crippen LogP contribution in [-0.2, 0) is 6.54 Å². The van der Waals surface area contributed by atoms with Gasteiger partial charge in [0.15, 0.2) is 0 Å². The molecule has 0 aliphatic heterocycles. The van der Waals surface area contributed by atoms with Gasteiger partial charge in [-0.1, -0.05) is 32.4 Å². The zero-order valence-electron chi connectivity index (χ0n) is 10.4. The highest BCUT2D eigenvalue weighted by Crippen LogP contribution is 2.21. The highest BCUT2D eigenvalue weighted by Gasteiger charge is 2.15. The van der Waals surface area contributed by atoms with E-state index >= 15 is 0 Å². The molecule has 0 unspecified atom stereocenters. The van der Waals surface area contributed by atoms with Gasteiger partial charge in [0.2, 0.25) is 0 Å². The lowest BCUT2D eigenvalue weighted by Crippen LogP contribution is -2.29. The molecule has 2 N–H and O–H groups in total. The van der Waals surface area contributed by atoms with E-state index in [1.54, 1.807) is 0 Å². The monoisotopic (exact) mass is 241 g/mol. The summed E-state index contributed by atoms with van der Waals surface area (Å²) in [5, 5.41) is 0.635. The Labute approximate surface area is 103 Å². The quantitative estimate of drug-likeness (QED) is 0.885. The van der Waals surface area contributed by atoms with Crippen LogP contribution < -0.4 is 10.6 Å². The lowest BCUT2D eigenvalue weighted by atomic mass is 9.96. The van der Waals surface area contributed by atoms with Crippen molar-refractivity contribution in [1.29, 1.82) is 0 Å². The molecule has 0 amide bonds. The maximum atomic E-state index is 5.97. The van der Waals surface area contributed by atoms with Gasteiger partial charge in [-0.2, -0.15) is 0 Å². The summed E-state index contributed by atoms with van der Waals surface area (Å²) in [6.45, 7) is 7.90. The first-order valence-corrected chi connectivity index (χ1v) is 5.78. The first-order valence-electron chi connectivity index (χ1n) is 5.40. The van der Waals surface area contributed by atoms with Gasteiger partial charge in [0.05, 0.1) is 10.7 Å². The Kier molecular flexibility index (Phi) is 4.16. The fraction of sp³-hybridized carbons (Fsp3) is 0.583. The zero-order chi connectivity index (χ0) is 12.3. The topological polar surface area (TPSA) is 42.1 Å². The fourth-order valence-electron chi connectivity index (χ4n) is 1.62.